The van der Waals surface area contributed by atoms with Crippen molar-refractivity contribution < 1.29 is 19.8 Å². The molecule has 0 aliphatic rings. The van der Waals surface area contributed by atoms with Gasteiger partial charge in [0.15, 0.2) is 6.04 Å². The van der Waals surface area contributed by atoms with E-state index in [0.717, 1.165) is 50.5 Å². The van der Waals surface area contributed by atoms with E-state index in [0.29, 0.717) is 18.5 Å². The molecule has 2 unspecified atom stereocenters. The summed E-state index contributed by atoms with van der Waals surface area (Å²) in [5.41, 5.74) is 1.48. The lowest BCUT2D eigenvalue weighted by Gasteiger charge is -2.20. The number of amides is 1. The predicted octanol–water partition coefficient (Wildman–Crippen LogP) is 4.07. The number of nitrogens with one attached hydrogen (secondary N) is 1. The number of hydrogen-bond acceptors (Lipinski definition) is 5. The van der Waals surface area contributed by atoms with Gasteiger partial charge in [-0.2, -0.15) is 0 Å². The molecule has 0 spiro atoms. The van der Waals surface area contributed by atoms with E-state index in [1.165, 1.54) is 4.68 Å². The number of nitrogens with zero attached hydrogens (tertiary/aromatic N) is 3. The number of unbranched alkanes of at least 4 members (excludes halogenated alkanes) is 6. The van der Waals surface area contributed by atoms with Gasteiger partial charge >= 0.3 is 5.97 Å². The average molecular weight is 459 g/mol. The zero-order valence-electron chi connectivity index (χ0n) is 19.8. The fraction of sp³-hybridized carbons (Fsp3) is 0.600. The van der Waals surface area contributed by atoms with Crippen LogP contribution in [0.1, 0.15) is 88.6 Å². The van der Waals surface area contributed by atoms with Gasteiger partial charge in [-0.15, -0.1) is 5.10 Å². The van der Waals surface area contributed by atoms with Crippen LogP contribution < -0.4 is 5.32 Å². The summed E-state index contributed by atoms with van der Waals surface area (Å²) in [6, 6.07) is 8.23. The van der Waals surface area contributed by atoms with E-state index in [9.17, 15) is 14.7 Å². The van der Waals surface area contributed by atoms with Gasteiger partial charge in [0.25, 0.3) is 0 Å². The standard InChI is InChI=1S/C25H38N4O4/c1-19(2)24(26-23(31)15-11-6-4-3-5-7-12-16-30)21-18-29(28-27-21)22(25(32)33)17-20-13-9-8-10-14-20/h8-10,13-14,18-19,22,24,30H,3-7,11-12,15-17H2,1-2H3,(H,26,31)(H,32,33). The van der Waals surface area contributed by atoms with E-state index in [1.54, 1.807) is 6.20 Å². The molecule has 0 aliphatic heterocycles. The maximum atomic E-state index is 12.5. The van der Waals surface area contributed by atoms with E-state index in [1.807, 2.05) is 44.2 Å². The number of aromatic nitrogens is 3. The SMILES string of the molecule is CC(C)C(NC(=O)CCCCCCCCCO)c1cn(C(Cc2ccccc2)C(=O)O)nn1. The van der Waals surface area contributed by atoms with Crippen molar-refractivity contribution in [2.75, 3.05) is 6.61 Å². The van der Waals surface area contributed by atoms with Gasteiger partial charge in [-0.1, -0.05) is 81.5 Å². The molecular formula is C25H38N4O4. The van der Waals surface area contributed by atoms with Crippen LogP contribution in [-0.2, 0) is 16.0 Å². The number of rotatable bonds is 16. The van der Waals surface area contributed by atoms with Crippen molar-refractivity contribution in [3.05, 3.63) is 47.8 Å². The maximum absolute atomic E-state index is 12.5. The molecule has 1 amide bonds. The molecule has 1 aromatic heterocycles. The third kappa shape index (κ3) is 9.34. The van der Waals surface area contributed by atoms with Crippen LogP contribution in [0.15, 0.2) is 36.5 Å². The Bertz CT molecular complexity index is 838. The van der Waals surface area contributed by atoms with Crippen molar-refractivity contribution in [1.82, 2.24) is 20.3 Å². The fourth-order valence-electron chi connectivity index (χ4n) is 3.83. The van der Waals surface area contributed by atoms with Crippen molar-refractivity contribution in [2.24, 2.45) is 5.92 Å². The summed E-state index contributed by atoms with van der Waals surface area (Å²) >= 11 is 0. The Morgan fingerprint density at radius 3 is 2.24 bits per heavy atom. The summed E-state index contributed by atoms with van der Waals surface area (Å²) in [5.74, 6) is -0.914. The zero-order chi connectivity index (χ0) is 24.1. The molecule has 0 aliphatic carbocycles. The largest absolute Gasteiger partial charge is 0.480 e. The van der Waals surface area contributed by atoms with Gasteiger partial charge in [-0.05, 0) is 24.3 Å². The monoisotopic (exact) mass is 458 g/mol. The molecule has 182 valence electrons. The third-order valence-electron chi connectivity index (χ3n) is 5.77. The van der Waals surface area contributed by atoms with Crippen LogP contribution in [-0.4, -0.2) is 43.7 Å². The van der Waals surface area contributed by atoms with Crippen LogP contribution in [0.2, 0.25) is 0 Å². The van der Waals surface area contributed by atoms with Crippen LogP contribution in [0.4, 0.5) is 0 Å². The number of carbonyl (C=O) groups excluding carboxylic acids is 1. The molecule has 0 radical (unpaired) electrons. The summed E-state index contributed by atoms with van der Waals surface area (Å²) in [6.45, 7) is 4.25. The second-order valence-electron chi connectivity index (χ2n) is 8.90. The van der Waals surface area contributed by atoms with E-state index >= 15 is 0 Å². The van der Waals surface area contributed by atoms with Crippen molar-refractivity contribution in [3.8, 4) is 0 Å². The lowest BCUT2D eigenvalue weighted by atomic mass is 10.0. The molecule has 2 rings (SSSR count). The van der Waals surface area contributed by atoms with E-state index in [2.05, 4.69) is 15.6 Å². The minimum atomic E-state index is -0.975. The Labute approximate surface area is 196 Å². The smallest absolute Gasteiger partial charge is 0.328 e. The molecule has 0 fully saturated rings. The van der Waals surface area contributed by atoms with Crippen molar-refractivity contribution in [2.45, 2.75) is 83.7 Å². The molecule has 2 aromatic rings. The zero-order valence-corrected chi connectivity index (χ0v) is 19.8. The number of hydrogen-bond donors (Lipinski definition) is 3. The Morgan fingerprint density at radius 1 is 1.00 bits per heavy atom. The normalized spacial score (nSPS) is 13.1. The van der Waals surface area contributed by atoms with Crippen LogP contribution in [0.5, 0.6) is 0 Å². The first-order chi connectivity index (χ1) is 15.9. The molecule has 8 heteroatoms. The van der Waals surface area contributed by atoms with Gasteiger partial charge in [-0.3, -0.25) is 4.79 Å². The predicted molar refractivity (Wildman–Crippen MR) is 127 cm³/mol. The van der Waals surface area contributed by atoms with Gasteiger partial charge < -0.3 is 15.5 Å². The molecule has 0 bridgehead atoms. The molecule has 0 saturated heterocycles. The van der Waals surface area contributed by atoms with Gasteiger partial charge in [-0.25, -0.2) is 9.48 Å². The summed E-state index contributed by atoms with van der Waals surface area (Å²) in [7, 11) is 0. The highest BCUT2D eigenvalue weighted by atomic mass is 16.4. The van der Waals surface area contributed by atoms with E-state index in [-0.39, 0.29) is 24.5 Å². The summed E-state index contributed by atoms with van der Waals surface area (Å²) in [6.07, 6.45) is 9.52. The number of carbonyl (C=O) groups is 2. The van der Waals surface area contributed by atoms with Crippen LogP contribution in [0.25, 0.3) is 0 Å². The van der Waals surface area contributed by atoms with E-state index < -0.39 is 12.0 Å². The molecule has 0 saturated carbocycles. The molecule has 3 N–H and O–H groups in total. The highest BCUT2D eigenvalue weighted by Crippen LogP contribution is 2.22. The second kappa shape index (κ2) is 14.4. The Kier molecular flexibility index (Phi) is 11.6. The van der Waals surface area contributed by atoms with Crippen LogP contribution >= 0.6 is 0 Å². The van der Waals surface area contributed by atoms with Gasteiger partial charge in [0.05, 0.1) is 12.2 Å². The summed E-state index contributed by atoms with van der Waals surface area (Å²) in [4.78, 5) is 24.4. The van der Waals surface area contributed by atoms with Crippen molar-refractivity contribution >= 4 is 11.9 Å². The Morgan fingerprint density at radius 2 is 1.64 bits per heavy atom. The topological polar surface area (TPSA) is 117 Å². The second-order valence-corrected chi connectivity index (χ2v) is 8.90. The lowest BCUT2D eigenvalue weighted by Crippen LogP contribution is -2.32. The van der Waals surface area contributed by atoms with Crippen molar-refractivity contribution in [3.63, 3.8) is 0 Å². The molecule has 33 heavy (non-hydrogen) atoms. The summed E-state index contributed by atoms with van der Waals surface area (Å²) < 4.78 is 1.38. The first-order valence-corrected chi connectivity index (χ1v) is 12.0. The Balaban J connectivity index is 1.90. The number of carboxylic acid groups (broad SMARTS) is 1. The lowest BCUT2D eigenvalue weighted by molar-refractivity contribution is -0.141. The third-order valence-corrected chi connectivity index (χ3v) is 5.77. The number of benzene rings is 1. The first kappa shape index (κ1) is 26.5. The first-order valence-electron chi connectivity index (χ1n) is 12.0. The van der Waals surface area contributed by atoms with Crippen LogP contribution in [0.3, 0.4) is 0 Å². The number of aliphatic carboxylic acids is 1. The van der Waals surface area contributed by atoms with E-state index in [4.69, 9.17) is 5.11 Å². The maximum Gasteiger partial charge on any atom is 0.328 e. The van der Waals surface area contributed by atoms with Gasteiger partial charge in [0.1, 0.15) is 5.69 Å². The molecule has 8 nitrogen and oxygen atoms in total. The number of carboxylic acids is 1. The minimum Gasteiger partial charge on any atom is -0.480 e. The Hall–Kier alpha value is -2.74. The highest BCUT2D eigenvalue weighted by Gasteiger charge is 2.26. The molecular weight excluding hydrogens is 420 g/mol. The molecule has 2 atom stereocenters. The average Bonchev–Trinajstić information content (AvgIpc) is 3.27. The fourth-order valence-corrected chi connectivity index (χ4v) is 3.83. The minimum absolute atomic E-state index is 0.0254. The number of aliphatic hydroxyl groups excluding tert-OH is 1. The number of aliphatic hydroxyl groups is 1. The quantitative estimate of drug-likeness (QED) is 0.326. The van der Waals surface area contributed by atoms with Crippen LogP contribution in [0, 0.1) is 5.92 Å². The molecule has 1 heterocycles. The highest BCUT2D eigenvalue weighted by molar-refractivity contribution is 5.76. The van der Waals surface area contributed by atoms with Crippen molar-refractivity contribution in [1.29, 1.82) is 0 Å². The van der Waals surface area contributed by atoms with Gasteiger partial charge in [0, 0.05) is 19.4 Å². The van der Waals surface area contributed by atoms with Gasteiger partial charge in [0.2, 0.25) is 5.91 Å². The molecule has 1 aromatic carbocycles. The summed E-state index contributed by atoms with van der Waals surface area (Å²) in [5, 5.41) is 29.8.